The van der Waals surface area contributed by atoms with E-state index >= 15 is 0 Å². The van der Waals surface area contributed by atoms with Crippen LogP contribution >= 0.6 is 0 Å². The summed E-state index contributed by atoms with van der Waals surface area (Å²) in [6, 6.07) is 0. The van der Waals surface area contributed by atoms with Gasteiger partial charge < -0.3 is 14.6 Å². The van der Waals surface area contributed by atoms with Crippen molar-refractivity contribution in [3.05, 3.63) is 36.8 Å². The van der Waals surface area contributed by atoms with Gasteiger partial charge in [0.2, 0.25) is 0 Å². The fourth-order valence-electron chi connectivity index (χ4n) is 1.02. The molecule has 0 saturated heterocycles. The first-order valence-electron chi connectivity index (χ1n) is 4.80. The standard InChI is InChI=1S/C6H8O2.C5H8O/c7-5-6-3-1-2-4-8-6;1-2-4-6-5-3-1/h1-4,6-7H,5H2;2,4H,1,3,5H2. The lowest BCUT2D eigenvalue weighted by atomic mass is 10.3. The highest BCUT2D eigenvalue weighted by Gasteiger charge is 2.00. The minimum Gasteiger partial charge on any atom is -0.502 e. The molecule has 0 aromatic rings. The summed E-state index contributed by atoms with van der Waals surface area (Å²) in [4.78, 5) is 0. The number of aliphatic hydroxyl groups excluding tert-OH is 1. The molecule has 1 atom stereocenters. The third-order valence-corrected chi connectivity index (χ3v) is 1.77. The minimum atomic E-state index is -0.125. The lowest BCUT2D eigenvalue weighted by Crippen LogP contribution is -2.12. The zero-order chi connectivity index (χ0) is 10.1. The van der Waals surface area contributed by atoms with E-state index in [1.807, 2.05) is 12.2 Å². The van der Waals surface area contributed by atoms with E-state index in [-0.39, 0.29) is 12.7 Å². The van der Waals surface area contributed by atoms with E-state index in [4.69, 9.17) is 14.6 Å². The van der Waals surface area contributed by atoms with Gasteiger partial charge in [0.15, 0.2) is 0 Å². The average molecular weight is 196 g/mol. The van der Waals surface area contributed by atoms with Gasteiger partial charge in [-0.1, -0.05) is 6.08 Å². The molecule has 0 bridgehead atoms. The predicted octanol–water partition coefficient (Wildman–Crippen LogP) is 1.76. The van der Waals surface area contributed by atoms with Crippen LogP contribution in [0.2, 0.25) is 0 Å². The highest BCUT2D eigenvalue weighted by molar-refractivity contribution is 5.07. The van der Waals surface area contributed by atoms with Crippen molar-refractivity contribution in [1.82, 2.24) is 0 Å². The Hall–Kier alpha value is -1.22. The summed E-state index contributed by atoms with van der Waals surface area (Å²) in [6.07, 6.45) is 13.1. The van der Waals surface area contributed by atoms with Crippen molar-refractivity contribution < 1.29 is 14.6 Å². The summed E-state index contributed by atoms with van der Waals surface area (Å²) in [7, 11) is 0. The van der Waals surface area contributed by atoms with Crippen molar-refractivity contribution in [1.29, 1.82) is 0 Å². The molecule has 2 aliphatic heterocycles. The Morgan fingerprint density at radius 3 is 2.50 bits per heavy atom. The quantitative estimate of drug-likeness (QED) is 0.694. The largest absolute Gasteiger partial charge is 0.502 e. The van der Waals surface area contributed by atoms with E-state index < -0.39 is 0 Å². The number of ether oxygens (including phenoxy) is 2. The smallest absolute Gasteiger partial charge is 0.139 e. The molecule has 14 heavy (non-hydrogen) atoms. The molecular weight excluding hydrogens is 180 g/mol. The third-order valence-electron chi connectivity index (χ3n) is 1.77. The molecule has 2 rings (SSSR count). The van der Waals surface area contributed by atoms with Crippen LogP contribution in [-0.4, -0.2) is 24.4 Å². The molecule has 0 radical (unpaired) electrons. The maximum atomic E-state index is 8.48. The van der Waals surface area contributed by atoms with Gasteiger partial charge in [-0.3, -0.25) is 0 Å². The van der Waals surface area contributed by atoms with Crippen molar-refractivity contribution in [3.63, 3.8) is 0 Å². The molecule has 0 amide bonds. The molecule has 1 N–H and O–H groups in total. The highest BCUT2D eigenvalue weighted by Crippen LogP contribution is 1.99. The predicted molar refractivity (Wildman–Crippen MR) is 54.6 cm³/mol. The second kappa shape index (κ2) is 7.21. The van der Waals surface area contributed by atoms with Gasteiger partial charge >= 0.3 is 0 Å². The fourth-order valence-corrected chi connectivity index (χ4v) is 1.02. The van der Waals surface area contributed by atoms with Crippen LogP contribution in [0.25, 0.3) is 0 Å². The lowest BCUT2D eigenvalue weighted by molar-refractivity contribution is 0.109. The van der Waals surface area contributed by atoms with E-state index in [1.54, 1.807) is 24.7 Å². The van der Waals surface area contributed by atoms with Crippen LogP contribution in [0.5, 0.6) is 0 Å². The fraction of sp³-hybridized carbons (Fsp3) is 0.455. The van der Waals surface area contributed by atoms with E-state index in [1.165, 1.54) is 12.8 Å². The van der Waals surface area contributed by atoms with E-state index in [0.717, 1.165) is 6.61 Å². The van der Waals surface area contributed by atoms with Gasteiger partial charge in [-0.15, -0.1) is 0 Å². The molecule has 0 saturated carbocycles. The summed E-state index contributed by atoms with van der Waals surface area (Å²) in [6.45, 7) is 0.970. The summed E-state index contributed by atoms with van der Waals surface area (Å²) in [5.74, 6) is 0. The molecule has 2 aliphatic rings. The molecule has 1 unspecified atom stereocenters. The van der Waals surface area contributed by atoms with Gasteiger partial charge in [-0.2, -0.15) is 0 Å². The van der Waals surface area contributed by atoms with Crippen LogP contribution in [0.1, 0.15) is 12.8 Å². The summed E-state index contributed by atoms with van der Waals surface area (Å²) >= 11 is 0. The van der Waals surface area contributed by atoms with Crippen LogP contribution < -0.4 is 0 Å². The first-order valence-corrected chi connectivity index (χ1v) is 4.80. The molecule has 0 fully saturated rings. The maximum absolute atomic E-state index is 8.48. The van der Waals surface area contributed by atoms with Gasteiger partial charge in [-0.25, -0.2) is 0 Å². The number of hydrogen-bond acceptors (Lipinski definition) is 3. The molecule has 2 heterocycles. The number of aliphatic hydroxyl groups is 1. The average Bonchev–Trinajstić information content (AvgIpc) is 2.33. The third kappa shape index (κ3) is 4.72. The van der Waals surface area contributed by atoms with Crippen molar-refractivity contribution >= 4 is 0 Å². The van der Waals surface area contributed by atoms with E-state index in [0.29, 0.717) is 0 Å². The SMILES string of the molecule is C1=COCCC1.OCC1C=CC=CO1. The molecule has 3 heteroatoms. The van der Waals surface area contributed by atoms with Gasteiger partial charge in [0.05, 0.1) is 25.7 Å². The molecule has 3 nitrogen and oxygen atoms in total. The second-order valence-electron chi connectivity index (χ2n) is 2.96. The van der Waals surface area contributed by atoms with Crippen LogP contribution in [0.4, 0.5) is 0 Å². The summed E-state index contributed by atoms with van der Waals surface area (Å²) < 4.78 is 9.80. The Morgan fingerprint density at radius 1 is 1.29 bits per heavy atom. The molecule has 0 aromatic heterocycles. The van der Waals surface area contributed by atoms with Crippen molar-refractivity contribution in [2.75, 3.05) is 13.2 Å². The molecule has 0 aliphatic carbocycles. The van der Waals surface area contributed by atoms with Gasteiger partial charge in [0.1, 0.15) is 6.10 Å². The normalized spacial score (nSPS) is 23.1. The Balaban J connectivity index is 0.000000146. The first-order chi connectivity index (χ1) is 6.93. The van der Waals surface area contributed by atoms with Crippen LogP contribution in [0.15, 0.2) is 36.8 Å². The Morgan fingerprint density at radius 2 is 2.21 bits per heavy atom. The van der Waals surface area contributed by atoms with Gasteiger partial charge in [0.25, 0.3) is 0 Å². The van der Waals surface area contributed by atoms with Crippen LogP contribution in [-0.2, 0) is 9.47 Å². The number of rotatable bonds is 1. The Labute approximate surface area is 84.3 Å². The second-order valence-corrected chi connectivity index (χ2v) is 2.96. The lowest BCUT2D eigenvalue weighted by Gasteiger charge is -2.10. The Bertz CT molecular complexity index is 211. The summed E-state index contributed by atoms with van der Waals surface area (Å²) in [5.41, 5.74) is 0. The topological polar surface area (TPSA) is 38.7 Å². The van der Waals surface area contributed by atoms with Crippen LogP contribution in [0.3, 0.4) is 0 Å². The molecule has 0 aromatic carbocycles. The number of hydrogen-bond donors (Lipinski definition) is 1. The molecular formula is C11H16O3. The van der Waals surface area contributed by atoms with Crippen molar-refractivity contribution in [2.24, 2.45) is 0 Å². The zero-order valence-corrected chi connectivity index (χ0v) is 8.13. The number of allylic oxidation sites excluding steroid dienone is 3. The monoisotopic (exact) mass is 196 g/mol. The van der Waals surface area contributed by atoms with Crippen molar-refractivity contribution in [3.8, 4) is 0 Å². The van der Waals surface area contributed by atoms with Crippen LogP contribution in [0, 0.1) is 0 Å². The molecule has 78 valence electrons. The maximum Gasteiger partial charge on any atom is 0.139 e. The van der Waals surface area contributed by atoms with E-state index in [2.05, 4.69) is 0 Å². The van der Waals surface area contributed by atoms with Gasteiger partial charge in [0, 0.05) is 0 Å². The Kier molecular flexibility index (Phi) is 5.59. The molecule has 0 spiro atoms. The summed E-state index contributed by atoms with van der Waals surface area (Å²) in [5, 5.41) is 8.48. The van der Waals surface area contributed by atoms with E-state index in [9.17, 15) is 0 Å². The highest BCUT2D eigenvalue weighted by atomic mass is 16.5. The van der Waals surface area contributed by atoms with Crippen molar-refractivity contribution in [2.45, 2.75) is 18.9 Å². The van der Waals surface area contributed by atoms with Gasteiger partial charge in [-0.05, 0) is 31.1 Å². The first kappa shape index (κ1) is 10.9. The minimum absolute atomic E-state index is 0.0564. The zero-order valence-electron chi connectivity index (χ0n) is 8.13.